The van der Waals surface area contributed by atoms with Crippen LogP contribution >= 0.6 is 0 Å². The van der Waals surface area contributed by atoms with Crippen LogP contribution in [0.4, 0.5) is 0 Å². The summed E-state index contributed by atoms with van der Waals surface area (Å²) in [6.07, 6.45) is -1.72. The average molecular weight is 185 g/mol. The fourth-order valence-electron chi connectivity index (χ4n) is 0.702. The van der Waals surface area contributed by atoms with E-state index in [0.29, 0.717) is 0 Å². The van der Waals surface area contributed by atoms with Crippen LogP contribution in [0.5, 0.6) is 5.75 Å². The van der Waals surface area contributed by atoms with E-state index in [1.807, 2.05) is 0 Å². The van der Waals surface area contributed by atoms with Crippen molar-refractivity contribution in [3.63, 3.8) is 0 Å². The van der Waals surface area contributed by atoms with Crippen molar-refractivity contribution in [2.45, 2.75) is 12.4 Å². The summed E-state index contributed by atoms with van der Waals surface area (Å²) in [5.41, 5.74) is 4.98. The Morgan fingerprint density at radius 1 is 1.77 bits per heavy atom. The van der Waals surface area contributed by atoms with Crippen LogP contribution < -0.4 is 5.73 Å². The highest BCUT2D eigenvalue weighted by molar-refractivity contribution is 5.73. The van der Waals surface area contributed by atoms with Gasteiger partial charge in [0.1, 0.15) is 11.8 Å². The lowest BCUT2D eigenvalue weighted by Gasteiger charge is -2.05. The molecule has 0 bridgehead atoms. The number of phenols is 1. The first kappa shape index (κ1) is 5.24. The molecule has 1 rings (SSSR count). The number of rotatable bonds is 3. The second kappa shape index (κ2) is 3.91. The number of aromatic hydroxyl groups is 1. The Bertz CT molecular complexity index is 464. The van der Waals surface area contributed by atoms with Gasteiger partial charge in [-0.15, -0.1) is 0 Å². The highest BCUT2D eigenvalue weighted by Gasteiger charge is 2.11. The van der Waals surface area contributed by atoms with Gasteiger partial charge in [0.2, 0.25) is 0 Å². The normalized spacial score (nSPS) is 21.6. The standard InChI is InChI=1S/C9H11NO3/c10-8(9(12)13)5-6-1-3-7(11)4-2-6/h1-4,8,11H,5,10H2,(H,12,13)/t8-/m1/s1/i1D,3D,5D,8D/t5?,8-. The summed E-state index contributed by atoms with van der Waals surface area (Å²) in [5.74, 6) is -2.15. The molecule has 4 N–H and O–H groups in total. The van der Waals surface area contributed by atoms with Gasteiger partial charge in [-0.2, -0.15) is 0 Å². The molecule has 2 atom stereocenters. The molecule has 4 heteroatoms. The fourth-order valence-corrected chi connectivity index (χ4v) is 0.702. The predicted octanol–water partition coefficient (Wildman–Crippen LogP) is 0.347. The molecular formula is C9H11NO3. The molecular weight excluding hydrogens is 170 g/mol. The van der Waals surface area contributed by atoms with E-state index in [0.717, 1.165) is 12.1 Å². The van der Waals surface area contributed by atoms with Gasteiger partial charge in [0.25, 0.3) is 0 Å². The van der Waals surface area contributed by atoms with E-state index in [4.69, 9.17) is 21.4 Å². The molecule has 0 aliphatic heterocycles. The molecule has 4 nitrogen and oxygen atoms in total. The van der Waals surface area contributed by atoms with Gasteiger partial charge in [-0.25, -0.2) is 0 Å². The van der Waals surface area contributed by atoms with E-state index >= 15 is 0 Å². The van der Waals surface area contributed by atoms with Crippen LogP contribution in [-0.2, 0) is 11.2 Å². The lowest BCUT2D eigenvalue weighted by molar-refractivity contribution is -0.138. The Balaban J connectivity index is 3.27. The maximum absolute atomic E-state index is 10.7. The van der Waals surface area contributed by atoms with Gasteiger partial charge in [0, 0.05) is 1.37 Å². The van der Waals surface area contributed by atoms with Crippen LogP contribution in [0.3, 0.4) is 0 Å². The number of phenolic OH excluding ortho intramolecular Hbond substituents is 1. The number of carboxylic acids is 1. The summed E-state index contributed by atoms with van der Waals surface area (Å²) in [6.45, 7) is 0. The maximum atomic E-state index is 10.7. The minimum atomic E-state index is -2.61. The molecule has 0 heterocycles. The zero-order valence-corrected chi connectivity index (χ0v) is 6.61. The van der Waals surface area contributed by atoms with Crippen LogP contribution in [0.2, 0.25) is 0 Å². The highest BCUT2D eigenvalue weighted by Crippen LogP contribution is 2.10. The monoisotopic (exact) mass is 185 g/mol. The van der Waals surface area contributed by atoms with Crippen molar-refractivity contribution in [1.29, 1.82) is 0 Å². The van der Waals surface area contributed by atoms with Crippen molar-refractivity contribution in [3.8, 4) is 5.75 Å². The number of carbonyl (C=O) groups is 1. The van der Waals surface area contributed by atoms with Gasteiger partial charge in [0.05, 0.1) is 4.11 Å². The largest absolute Gasteiger partial charge is 0.508 e. The van der Waals surface area contributed by atoms with Gasteiger partial charge >= 0.3 is 5.97 Å². The van der Waals surface area contributed by atoms with Gasteiger partial charge in [-0.1, -0.05) is 12.1 Å². The van der Waals surface area contributed by atoms with Crippen molar-refractivity contribution in [3.05, 3.63) is 29.8 Å². The first-order valence-corrected chi connectivity index (χ1v) is 3.43. The van der Waals surface area contributed by atoms with Gasteiger partial charge in [-0.3, -0.25) is 4.79 Å². The molecule has 0 amide bonds. The van der Waals surface area contributed by atoms with Crippen LogP contribution in [0, 0.1) is 0 Å². The van der Waals surface area contributed by atoms with Gasteiger partial charge in [-0.05, 0) is 24.1 Å². The summed E-state index contributed by atoms with van der Waals surface area (Å²) in [4.78, 5) is 10.7. The first-order valence-electron chi connectivity index (χ1n) is 5.51. The van der Waals surface area contributed by atoms with E-state index in [1.165, 1.54) is 0 Å². The van der Waals surface area contributed by atoms with E-state index in [2.05, 4.69) is 0 Å². The Morgan fingerprint density at radius 3 is 3.08 bits per heavy atom. The molecule has 1 aromatic carbocycles. The summed E-state index contributed by atoms with van der Waals surface area (Å²) >= 11 is 0. The van der Waals surface area contributed by atoms with Crippen molar-refractivity contribution in [2.24, 2.45) is 5.73 Å². The molecule has 0 aliphatic rings. The smallest absolute Gasteiger partial charge is 0.320 e. The number of aliphatic carboxylic acids is 1. The minimum absolute atomic E-state index is 0.187. The second-order valence-electron chi connectivity index (χ2n) is 2.33. The number of carboxylic acid groups (broad SMARTS) is 1. The summed E-state index contributed by atoms with van der Waals surface area (Å²) in [5, 5.41) is 17.9. The topological polar surface area (TPSA) is 83.5 Å². The molecule has 0 fully saturated rings. The van der Waals surface area contributed by atoms with Crippen LogP contribution in [0.25, 0.3) is 0 Å². The molecule has 0 aromatic heterocycles. The van der Waals surface area contributed by atoms with Gasteiger partial charge in [0.15, 0.2) is 0 Å². The van der Waals surface area contributed by atoms with Crippen molar-refractivity contribution < 1.29 is 20.5 Å². The molecule has 1 aromatic rings. The number of benzene rings is 1. The predicted molar refractivity (Wildman–Crippen MR) is 47.4 cm³/mol. The molecule has 0 saturated carbocycles. The van der Waals surface area contributed by atoms with Crippen LogP contribution in [-0.4, -0.2) is 22.2 Å². The summed E-state index contributed by atoms with van der Waals surface area (Å²) in [7, 11) is 0. The number of nitrogens with two attached hydrogens (primary N) is 1. The molecule has 1 unspecified atom stereocenters. The zero-order valence-electron chi connectivity index (χ0n) is 10.6. The summed E-state index contributed by atoms with van der Waals surface area (Å²) in [6, 6.07) is -1.46. The second-order valence-corrected chi connectivity index (χ2v) is 2.33. The third-order valence-corrected chi connectivity index (χ3v) is 1.31. The lowest BCUT2D eigenvalue weighted by atomic mass is 10.1. The summed E-state index contributed by atoms with van der Waals surface area (Å²) < 4.78 is 29.7. The molecule has 70 valence electrons. The average Bonchev–Trinajstić information content (AvgIpc) is 2.25. The Morgan fingerprint density at radius 2 is 2.46 bits per heavy atom. The van der Waals surface area contributed by atoms with Gasteiger partial charge < -0.3 is 15.9 Å². The van der Waals surface area contributed by atoms with E-state index < -0.39 is 36.2 Å². The molecule has 0 saturated heterocycles. The van der Waals surface area contributed by atoms with Crippen molar-refractivity contribution in [2.75, 3.05) is 0 Å². The lowest BCUT2D eigenvalue weighted by Crippen LogP contribution is -2.32. The third-order valence-electron chi connectivity index (χ3n) is 1.31. The van der Waals surface area contributed by atoms with E-state index in [-0.39, 0.29) is 5.56 Å². The van der Waals surface area contributed by atoms with E-state index in [1.54, 1.807) is 0 Å². The molecule has 0 aliphatic carbocycles. The molecule has 13 heavy (non-hydrogen) atoms. The van der Waals surface area contributed by atoms with Crippen molar-refractivity contribution in [1.82, 2.24) is 0 Å². The molecule has 0 radical (unpaired) electrons. The SMILES string of the molecule is [2H]c1c(O)ccc(C([2H])[C@@]([2H])(N)C(=O)O)c1[2H]. The third kappa shape index (κ3) is 2.76. The first-order chi connectivity index (χ1) is 7.69. The minimum Gasteiger partial charge on any atom is -0.508 e. The zero-order chi connectivity index (χ0) is 13.4. The number of hydrogen-bond donors (Lipinski definition) is 3. The molecule has 0 spiro atoms. The highest BCUT2D eigenvalue weighted by atomic mass is 16.4. The van der Waals surface area contributed by atoms with Crippen LogP contribution in [0.1, 0.15) is 11.0 Å². The number of hydrogen-bond acceptors (Lipinski definition) is 3. The van der Waals surface area contributed by atoms with Crippen LogP contribution in [0.15, 0.2) is 24.2 Å². The van der Waals surface area contributed by atoms with Crippen molar-refractivity contribution >= 4 is 5.97 Å². The van der Waals surface area contributed by atoms with E-state index in [9.17, 15) is 4.79 Å². The Labute approximate surface area is 81.2 Å². The fraction of sp³-hybridized carbons (Fsp3) is 0.222. The maximum Gasteiger partial charge on any atom is 0.320 e. The Kier molecular flexibility index (Phi) is 1.58. The quantitative estimate of drug-likeness (QED) is 0.634. The Hall–Kier alpha value is -1.55.